The molecule has 426 valence electrons. The number of benzene rings is 7. The molecule has 0 fully saturated rings. The number of nitrogens with zero attached hydrogens (tertiary/aromatic N) is 2. The topological polar surface area (TPSA) is 316 Å². The highest BCUT2D eigenvalue weighted by Gasteiger charge is 2.11. The van der Waals surface area contributed by atoms with Crippen LogP contribution in [0.15, 0.2) is 210 Å². The van der Waals surface area contributed by atoms with Crippen LogP contribution in [0.25, 0.3) is 22.9 Å². The molecule has 7 aromatic carbocycles. The molecule has 0 aliphatic carbocycles. The third-order valence-corrected chi connectivity index (χ3v) is 10.7. The predicted octanol–water partition coefficient (Wildman–Crippen LogP) is 13.2. The molecule has 0 radical (unpaired) electrons. The number of ether oxygens (including phenoxy) is 1. The number of halogens is 8. The van der Waals surface area contributed by atoms with Crippen molar-refractivity contribution < 1.29 is 48.3 Å². The van der Waals surface area contributed by atoms with Gasteiger partial charge in [0.25, 0.3) is 23.0 Å². The Kier molecular flexibility index (Phi) is 40.1. The summed E-state index contributed by atoms with van der Waals surface area (Å²) < 4.78 is 23.5. The minimum atomic E-state index is -3.22. The second-order valence-corrected chi connectivity index (χ2v) is 24.8. The Morgan fingerprint density at radius 3 is 1.25 bits per heavy atom. The molecule has 8 rings (SSSR count). The second-order valence-electron chi connectivity index (χ2n) is 14.1. The minimum absolute atomic E-state index is 0. The summed E-state index contributed by atoms with van der Waals surface area (Å²) in [5, 5.41) is 12.1. The third kappa shape index (κ3) is 33.2. The van der Waals surface area contributed by atoms with Crippen molar-refractivity contribution in [1.82, 2.24) is 26.5 Å². The molecule has 12 N–H and O–H groups in total. The van der Waals surface area contributed by atoms with Gasteiger partial charge in [-0.1, -0.05) is 155 Å². The van der Waals surface area contributed by atoms with Gasteiger partial charge in [-0.15, -0.1) is 10.2 Å². The van der Waals surface area contributed by atoms with Gasteiger partial charge in [0.05, 0.1) is 12.2 Å². The maximum atomic E-state index is 11.8. The summed E-state index contributed by atoms with van der Waals surface area (Å²) >= 11 is 32.2. The molecular weight excluding hydrogens is 1400 g/mol. The number of aliphatic hydroxyl groups is 1. The number of nitrogen functional groups attached to an aromatic ring is 1. The maximum absolute atomic E-state index is 11.8. The number of aromatic nitrogens is 2. The Morgan fingerprint density at radius 1 is 0.537 bits per heavy atom. The van der Waals surface area contributed by atoms with E-state index in [9.17, 15) is 28.5 Å². The highest BCUT2D eigenvalue weighted by Crippen LogP contribution is 2.61. The molecule has 0 atom stereocenters. The standard InChI is InChI=1S/C14H11BrN2O2.C14H9BrN2O.C9H9BrO2.C7H7BrN2O.C7H5ClO.C2H6O.Cl3OP.H4N2.H2O/c15-12-8-4-7-11(9-12)14(19)17-16-13(18)10-5-2-1-3-6-10;15-12-8-4-7-11(9-12)14-17-16-13(18-14)10-5-2-1-3-6-10;1-2-12-9(11)7-4-3-5-8(10)6-7;8-6-3-1-2-5(4-6)7(11)10-9;8-7(9)6-4-2-1-3-5-6;1-2-3;1-5(2,3)4;1-2;/h1-9H,(H,16,18)(H,17,19);1-9H;3-6H,2H2,1H3;1-4H,9H2,(H,10,11);1-5H;3H,2H2,1H3;;1-2H2;1H2. The Bertz CT molecular complexity index is 3130. The number of rotatable bonds is 8. The van der Waals surface area contributed by atoms with Gasteiger partial charge in [0.15, 0.2) is 0 Å². The first-order chi connectivity index (χ1) is 37.7. The SMILES string of the molecule is Brc1cccc(-c2nnc(-c3ccccc3)o2)c1.CCO.CCOC(=O)c1cccc(Br)c1.NN.NNC(=O)c1cccc(Br)c1.O.O=C(Cl)c1ccccc1.O=C(NNC(=O)c1cccc(Br)c1)c1ccccc1.O=P(Cl)(Cl)Cl. The van der Waals surface area contributed by atoms with Crippen LogP contribution in [0.3, 0.4) is 0 Å². The van der Waals surface area contributed by atoms with Gasteiger partial charge in [0.2, 0.25) is 11.8 Å². The van der Waals surface area contributed by atoms with Crippen molar-refractivity contribution in [3.05, 3.63) is 234 Å². The van der Waals surface area contributed by atoms with E-state index in [1.807, 2.05) is 90.4 Å². The average molecular weight is 1450 g/mol. The van der Waals surface area contributed by atoms with Crippen LogP contribution in [0.2, 0.25) is 0 Å². The maximum Gasteiger partial charge on any atom is 0.339 e. The van der Waals surface area contributed by atoms with Crippen molar-refractivity contribution in [1.29, 1.82) is 0 Å². The molecule has 18 nitrogen and oxygen atoms in total. The highest BCUT2D eigenvalue weighted by atomic mass is 79.9. The molecule has 8 aromatic rings. The van der Waals surface area contributed by atoms with Crippen LogP contribution < -0.4 is 33.8 Å². The van der Waals surface area contributed by atoms with Gasteiger partial charge in [0.1, 0.15) is 0 Å². The van der Waals surface area contributed by atoms with E-state index >= 15 is 0 Å². The van der Waals surface area contributed by atoms with Gasteiger partial charge in [0, 0.05) is 57.9 Å². The zero-order valence-corrected chi connectivity index (χ0v) is 52.4. The summed E-state index contributed by atoms with van der Waals surface area (Å²) in [4.78, 5) is 56.0. The van der Waals surface area contributed by atoms with E-state index in [2.05, 4.69) is 130 Å². The van der Waals surface area contributed by atoms with Gasteiger partial charge in [-0.05, 0) is 156 Å². The van der Waals surface area contributed by atoms with E-state index < -0.39 is 10.4 Å². The minimum Gasteiger partial charge on any atom is -0.462 e. The number of aliphatic hydroxyl groups excluding tert-OH is 1. The molecule has 80 heavy (non-hydrogen) atoms. The van der Waals surface area contributed by atoms with Crippen molar-refractivity contribution in [3.63, 3.8) is 0 Å². The number of carbonyl (C=O) groups excluding carboxylic acids is 5. The van der Waals surface area contributed by atoms with Gasteiger partial charge in [-0.2, -0.15) is 0 Å². The van der Waals surface area contributed by atoms with Gasteiger partial charge in [-0.3, -0.25) is 51.7 Å². The molecule has 0 spiro atoms. The molecule has 1 aromatic heterocycles. The molecule has 3 amide bonds. The van der Waals surface area contributed by atoms with Crippen LogP contribution in [-0.2, 0) is 9.30 Å². The Labute approximate surface area is 514 Å². The molecule has 0 bridgehead atoms. The van der Waals surface area contributed by atoms with E-state index in [4.69, 9.17) is 31.7 Å². The molecule has 0 saturated carbocycles. The fraction of sp³-hybridized carbons (Fsp3) is 0.0755. The lowest BCUT2D eigenvalue weighted by Gasteiger charge is -2.07. The first-order valence-corrected chi connectivity index (χ1v) is 30.3. The molecule has 0 aliphatic heterocycles. The largest absolute Gasteiger partial charge is 0.462 e. The summed E-state index contributed by atoms with van der Waals surface area (Å²) in [7, 11) is 0. The lowest BCUT2D eigenvalue weighted by molar-refractivity contribution is 0.0525. The number of nitrogens with two attached hydrogens (primary N) is 3. The van der Waals surface area contributed by atoms with Crippen molar-refractivity contribution in [3.8, 4) is 22.9 Å². The van der Waals surface area contributed by atoms with Crippen molar-refractivity contribution in [2.24, 2.45) is 17.5 Å². The van der Waals surface area contributed by atoms with Crippen LogP contribution in [-0.4, -0.2) is 62.9 Å². The first kappa shape index (κ1) is 74.3. The van der Waals surface area contributed by atoms with E-state index in [1.165, 1.54) is 0 Å². The molecular formula is C53H53Br4Cl4N8O10P. The van der Waals surface area contributed by atoms with Gasteiger partial charge in [-0.25, -0.2) is 10.6 Å². The molecule has 27 heteroatoms. The summed E-state index contributed by atoms with van der Waals surface area (Å²) in [5.41, 5.74) is 11.2. The normalized spacial score (nSPS) is 9.43. The van der Waals surface area contributed by atoms with E-state index in [1.54, 1.807) is 117 Å². The van der Waals surface area contributed by atoms with Gasteiger partial charge >= 0.3 is 11.2 Å². The summed E-state index contributed by atoms with van der Waals surface area (Å²) in [6, 6.07) is 55.9. The quantitative estimate of drug-likeness (QED) is 0.0186. The Morgan fingerprint density at radius 2 is 0.863 bits per heavy atom. The second kappa shape index (κ2) is 43.1. The summed E-state index contributed by atoms with van der Waals surface area (Å²) in [6.07, 6.45) is 0. The van der Waals surface area contributed by atoms with E-state index in [0.29, 0.717) is 46.2 Å². The smallest absolute Gasteiger partial charge is 0.339 e. The predicted molar refractivity (Wildman–Crippen MR) is 331 cm³/mol. The fourth-order valence-corrected chi connectivity index (χ4v) is 6.97. The van der Waals surface area contributed by atoms with E-state index in [-0.39, 0.29) is 35.8 Å². The number of amides is 3. The van der Waals surface area contributed by atoms with E-state index in [0.717, 1.165) is 29.0 Å². The van der Waals surface area contributed by atoms with Gasteiger partial charge < -0.3 is 19.7 Å². The van der Waals surface area contributed by atoms with Crippen LogP contribution in [0, 0.1) is 0 Å². The third-order valence-electron chi connectivity index (χ3n) is 8.48. The number of hydrogen-bond acceptors (Lipinski definition) is 14. The van der Waals surface area contributed by atoms with Crippen LogP contribution >= 0.6 is 114 Å². The lowest BCUT2D eigenvalue weighted by atomic mass is 10.2. The number of nitrogens with one attached hydrogen (secondary N) is 3. The number of hydrogen-bond donors (Lipinski definition) is 7. The molecule has 1 heterocycles. The van der Waals surface area contributed by atoms with Crippen LogP contribution in [0.1, 0.15) is 65.6 Å². The number of esters is 1. The molecule has 0 saturated heterocycles. The van der Waals surface area contributed by atoms with Crippen LogP contribution in [0.4, 0.5) is 0 Å². The average Bonchev–Trinajstić information content (AvgIpc) is 3.95. The van der Waals surface area contributed by atoms with Crippen molar-refractivity contribution >= 4 is 143 Å². The monoisotopic (exact) mass is 1450 g/mol. The fourth-order valence-electron chi connectivity index (χ4n) is 5.25. The number of carbonyl (C=O) groups is 5. The zero-order valence-electron chi connectivity index (χ0n) is 42.1. The Balaban J connectivity index is 0.000000952. The molecule has 0 unspecified atom stereocenters. The van der Waals surface area contributed by atoms with Crippen molar-refractivity contribution in [2.75, 3.05) is 13.2 Å². The van der Waals surface area contributed by atoms with Crippen molar-refractivity contribution in [2.45, 2.75) is 13.8 Å². The summed E-state index contributed by atoms with van der Waals surface area (Å²) in [6.45, 7) is 4.13. The highest BCUT2D eigenvalue weighted by molar-refractivity contribution is 9.11. The molecule has 0 aliphatic rings. The summed E-state index contributed by atoms with van der Waals surface area (Å²) in [5.74, 6) is 12.7. The van der Waals surface area contributed by atoms with Crippen LogP contribution in [0.5, 0.6) is 0 Å². The number of hydrazine groups is 3. The first-order valence-electron chi connectivity index (χ1n) is 22.3. The lowest BCUT2D eigenvalue weighted by Crippen LogP contribution is -2.41. The zero-order chi connectivity index (χ0) is 59.2. The Hall–Kier alpha value is -5.66.